The highest BCUT2D eigenvalue weighted by Crippen LogP contribution is 1.40. The molecule has 1 N–H and O–H groups in total. The molecule has 24 valence electrons. The van der Waals surface area contributed by atoms with Gasteiger partial charge in [0.2, 0.25) is 0 Å². The second-order valence-electron chi connectivity index (χ2n) is 0.418. The first-order valence-electron chi connectivity index (χ1n) is 1.05. The van der Waals surface area contributed by atoms with Crippen molar-refractivity contribution in [3.05, 3.63) is 6.08 Å². The smallest absolute Gasteiger partial charge is 0.101 e. The minimum absolute atomic E-state index is 0.972. The average molecular weight is 66.1 g/mol. The average Bonchev–Trinajstić information content (AvgIpc) is 1.41. The molecule has 0 saturated carbocycles. The molecule has 0 aliphatic rings. The SMILES string of the molecule is N#CC=C=N. The van der Waals surface area contributed by atoms with E-state index in [1.807, 2.05) is 0 Å². The van der Waals surface area contributed by atoms with Gasteiger partial charge in [-0.3, -0.25) is 5.41 Å². The monoisotopic (exact) mass is 66.0 g/mol. The van der Waals surface area contributed by atoms with Gasteiger partial charge in [0.1, 0.15) is 6.07 Å². The number of nitrogens with zero attached hydrogens (tertiary/aromatic N) is 1. The van der Waals surface area contributed by atoms with Crippen molar-refractivity contribution in [2.45, 2.75) is 0 Å². The lowest BCUT2D eigenvalue weighted by Gasteiger charge is -1.35. The number of rotatable bonds is 0. The van der Waals surface area contributed by atoms with Crippen LogP contribution < -0.4 is 0 Å². The fourth-order valence-corrected chi connectivity index (χ4v) is 0.0323. The lowest BCUT2D eigenvalue weighted by atomic mass is 10.7. The van der Waals surface area contributed by atoms with Crippen LogP contribution in [0.5, 0.6) is 0 Å². The first kappa shape index (κ1) is 3.94. The predicted molar refractivity (Wildman–Crippen MR) is 17.9 cm³/mol. The highest BCUT2D eigenvalue weighted by molar-refractivity contribution is 5.51. The van der Waals surface area contributed by atoms with Gasteiger partial charge < -0.3 is 0 Å². The van der Waals surface area contributed by atoms with Crippen molar-refractivity contribution in [1.29, 1.82) is 10.7 Å². The molecule has 0 aliphatic carbocycles. The molecule has 5 heavy (non-hydrogen) atoms. The van der Waals surface area contributed by atoms with E-state index in [4.69, 9.17) is 10.7 Å². The molecule has 0 aliphatic heterocycles. The van der Waals surface area contributed by atoms with Gasteiger partial charge in [-0.1, -0.05) is 0 Å². The van der Waals surface area contributed by atoms with Crippen LogP contribution in [0, 0.1) is 16.7 Å². The minimum atomic E-state index is 0.972. The molecule has 0 aromatic rings. The van der Waals surface area contributed by atoms with Crippen LogP contribution >= 0.6 is 0 Å². The Morgan fingerprint density at radius 3 is 2.40 bits per heavy atom. The van der Waals surface area contributed by atoms with Crippen LogP contribution in [-0.4, -0.2) is 5.87 Å². The molecule has 0 aromatic heterocycles. The molecule has 0 spiro atoms. The molecule has 0 fully saturated rings. The summed E-state index contributed by atoms with van der Waals surface area (Å²) in [6.45, 7) is 0. The van der Waals surface area contributed by atoms with Crippen LogP contribution in [0.2, 0.25) is 0 Å². The van der Waals surface area contributed by atoms with Crippen molar-refractivity contribution in [2.75, 3.05) is 0 Å². The van der Waals surface area contributed by atoms with Crippen molar-refractivity contribution < 1.29 is 0 Å². The maximum atomic E-state index is 7.58. The van der Waals surface area contributed by atoms with Gasteiger partial charge in [0.05, 0.1) is 6.08 Å². The number of nitrogens with one attached hydrogen (secondary N) is 1. The molecule has 0 aromatic carbocycles. The summed E-state index contributed by atoms with van der Waals surface area (Å²) >= 11 is 0. The summed E-state index contributed by atoms with van der Waals surface area (Å²) in [6.07, 6.45) is 0.972. The van der Waals surface area contributed by atoms with Gasteiger partial charge in [-0.15, -0.1) is 0 Å². The molecule has 0 rings (SSSR count). The maximum Gasteiger partial charge on any atom is 0.101 e. The quantitative estimate of drug-likeness (QED) is 0.321. The molecule has 0 bridgehead atoms. The summed E-state index contributed by atoms with van der Waals surface area (Å²) in [6, 6.07) is 1.59. The van der Waals surface area contributed by atoms with E-state index in [0.29, 0.717) is 0 Å². The molecule has 0 unspecified atom stereocenters. The second kappa shape index (κ2) is 2.94. The number of hydrogen-bond donors (Lipinski definition) is 1. The molecular formula is C3H2N2. The van der Waals surface area contributed by atoms with Gasteiger partial charge >= 0.3 is 0 Å². The lowest BCUT2D eigenvalue weighted by Crippen LogP contribution is -1.38. The van der Waals surface area contributed by atoms with E-state index in [2.05, 4.69) is 0 Å². The van der Waals surface area contributed by atoms with E-state index >= 15 is 0 Å². The summed E-state index contributed by atoms with van der Waals surface area (Å²) in [5.74, 6) is 1.78. The zero-order valence-corrected chi connectivity index (χ0v) is 2.52. The molecule has 0 amide bonds. The Morgan fingerprint density at radius 2 is 2.40 bits per heavy atom. The molecule has 0 atom stereocenters. The number of nitriles is 1. The highest BCUT2D eigenvalue weighted by Gasteiger charge is 1.42. The maximum absolute atomic E-state index is 7.58. The van der Waals surface area contributed by atoms with Crippen molar-refractivity contribution in [2.24, 2.45) is 0 Å². The Morgan fingerprint density at radius 1 is 1.80 bits per heavy atom. The van der Waals surface area contributed by atoms with Gasteiger partial charge in [0.25, 0.3) is 0 Å². The third kappa shape index (κ3) is 2.94. The van der Waals surface area contributed by atoms with Gasteiger partial charge in [-0.2, -0.15) is 5.26 Å². The molecule has 2 nitrogen and oxygen atoms in total. The van der Waals surface area contributed by atoms with E-state index in [1.54, 1.807) is 11.9 Å². The second-order valence-corrected chi connectivity index (χ2v) is 0.418. The standard InChI is InChI=1S/C3H2N2/c4-2-1-3-5/h1,4H. The van der Waals surface area contributed by atoms with Gasteiger partial charge in [0, 0.05) is 0 Å². The van der Waals surface area contributed by atoms with Crippen molar-refractivity contribution >= 4 is 5.87 Å². The van der Waals surface area contributed by atoms with Crippen molar-refractivity contribution in [3.8, 4) is 6.07 Å². The third-order valence-electron chi connectivity index (χ3n) is 0.137. The normalized spacial score (nSPS) is 3.80. The van der Waals surface area contributed by atoms with Gasteiger partial charge in [-0.05, 0) is 5.87 Å². The van der Waals surface area contributed by atoms with E-state index in [9.17, 15) is 0 Å². The molecule has 2 heteroatoms. The molecular weight excluding hydrogens is 64.0 g/mol. The lowest BCUT2D eigenvalue weighted by molar-refractivity contribution is 1.53. The molecule has 0 saturated heterocycles. The summed E-state index contributed by atoms with van der Waals surface area (Å²) in [5, 5.41) is 13.7. The zero-order chi connectivity index (χ0) is 4.12. The number of allylic oxidation sites excluding steroid dienone is 1. The van der Waals surface area contributed by atoms with Crippen LogP contribution in [0.15, 0.2) is 6.08 Å². The fraction of sp³-hybridized carbons (Fsp3) is 0. The zero-order valence-electron chi connectivity index (χ0n) is 2.52. The minimum Gasteiger partial charge on any atom is -0.258 e. The van der Waals surface area contributed by atoms with Crippen LogP contribution in [0.3, 0.4) is 0 Å². The third-order valence-corrected chi connectivity index (χ3v) is 0.137. The highest BCUT2D eigenvalue weighted by atomic mass is 14.3. The van der Waals surface area contributed by atoms with Crippen molar-refractivity contribution in [3.63, 3.8) is 0 Å². The Kier molecular flexibility index (Phi) is 2.32. The largest absolute Gasteiger partial charge is 0.258 e. The Bertz CT molecular complexity index is 92.0. The Balaban J connectivity index is 3.46. The molecule has 0 heterocycles. The van der Waals surface area contributed by atoms with Gasteiger partial charge in [0.15, 0.2) is 0 Å². The van der Waals surface area contributed by atoms with Crippen LogP contribution in [0.1, 0.15) is 0 Å². The van der Waals surface area contributed by atoms with Gasteiger partial charge in [-0.25, -0.2) is 0 Å². The Labute approximate surface area is 29.9 Å². The number of hydrogen-bond acceptors (Lipinski definition) is 2. The van der Waals surface area contributed by atoms with E-state index in [0.717, 1.165) is 6.08 Å². The first-order valence-corrected chi connectivity index (χ1v) is 1.05. The van der Waals surface area contributed by atoms with E-state index in [-0.39, 0.29) is 0 Å². The first-order chi connectivity index (χ1) is 2.41. The predicted octanol–water partition coefficient (Wildman–Crippen LogP) is 0.315. The van der Waals surface area contributed by atoms with E-state index < -0.39 is 0 Å². The summed E-state index contributed by atoms with van der Waals surface area (Å²) in [5.41, 5.74) is 0. The topological polar surface area (TPSA) is 47.6 Å². The van der Waals surface area contributed by atoms with E-state index in [1.165, 1.54) is 0 Å². The van der Waals surface area contributed by atoms with Crippen LogP contribution in [-0.2, 0) is 0 Å². The summed E-state index contributed by atoms with van der Waals surface area (Å²) in [4.78, 5) is 0. The summed E-state index contributed by atoms with van der Waals surface area (Å²) in [7, 11) is 0. The van der Waals surface area contributed by atoms with Crippen molar-refractivity contribution in [1.82, 2.24) is 0 Å². The van der Waals surface area contributed by atoms with Crippen LogP contribution in [0.4, 0.5) is 0 Å². The Hall–Kier alpha value is -1.06. The summed E-state index contributed by atoms with van der Waals surface area (Å²) < 4.78 is 0. The molecule has 0 radical (unpaired) electrons. The fourth-order valence-electron chi connectivity index (χ4n) is 0.0323. The van der Waals surface area contributed by atoms with Crippen LogP contribution in [0.25, 0.3) is 0 Å².